The van der Waals surface area contributed by atoms with Crippen molar-refractivity contribution in [3.8, 4) is 11.1 Å². The molecule has 18 heavy (non-hydrogen) atoms. The number of benzene rings is 2. The van der Waals surface area contributed by atoms with Crippen molar-refractivity contribution in [2.75, 3.05) is 5.75 Å². The first kappa shape index (κ1) is 11.3. The summed E-state index contributed by atoms with van der Waals surface area (Å²) in [7, 11) is 0. The Morgan fingerprint density at radius 2 is 1.50 bits per heavy atom. The highest BCUT2D eigenvalue weighted by Gasteiger charge is 2.08. The number of hydrogen-bond acceptors (Lipinski definition) is 4. The SMILES string of the molecule is c1ccc(-c2ccc(C3=NNNSC3)cc2)cc1. The summed E-state index contributed by atoms with van der Waals surface area (Å²) in [5, 5.41) is 4.24. The van der Waals surface area contributed by atoms with Gasteiger partial charge in [0.25, 0.3) is 0 Å². The number of hydrazine groups is 1. The van der Waals surface area contributed by atoms with Gasteiger partial charge in [0.2, 0.25) is 0 Å². The summed E-state index contributed by atoms with van der Waals surface area (Å²) in [6.07, 6.45) is 0. The van der Waals surface area contributed by atoms with Crippen LogP contribution in [0, 0.1) is 0 Å². The Labute approximate surface area is 110 Å². The number of rotatable bonds is 2. The molecule has 1 aliphatic heterocycles. The molecule has 0 saturated carbocycles. The average Bonchev–Trinajstić information content (AvgIpc) is 2.49. The van der Waals surface area contributed by atoms with Crippen LogP contribution < -0.4 is 10.4 Å². The first-order valence-corrected chi connectivity index (χ1v) is 6.76. The Balaban J connectivity index is 1.87. The van der Waals surface area contributed by atoms with Crippen molar-refractivity contribution in [2.24, 2.45) is 5.10 Å². The van der Waals surface area contributed by atoms with Crippen LogP contribution in [-0.4, -0.2) is 11.5 Å². The smallest absolute Gasteiger partial charge is 0.0803 e. The monoisotopic (exact) mass is 255 g/mol. The largest absolute Gasteiger partial charge is 0.233 e. The maximum absolute atomic E-state index is 4.24. The molecule has 2 aromatic carbocycles. The summed E-state index contributed by atoms with van der Waals surface area (Å²) >= 11 is 1.61. The third-order valence-electron chi connectivity index (χ3n) is 2.84. The van der Waals surface area contributed by atoms with Crippen LogP contribution >= 0.6 is 11.9 Å². The number of nitrogens with one attached hydrogen (secondary N) is 2. The summed E-state index contributed by atoms with van der Waals surface area (Å²) in [5.74, 6) is 0.873. The molecule has 0 amide bonds. The molecule has 1 heterocycles. The molecule has 90 valence electrons. The summed E-state index contributed by atoms with van der Waals surface area (Å²) in [4.78, 5) is 2.90. The fourth-order valence-corrected chi connectivity index (χ4v) is 2.44. The second kappa shape index (κ2) is 5.25. The van der Waals surface area contributed by atoms with E-state index in [4.69, 9.17) is 0 Å². The van der Waals surface area contributed by atoms with Crippen molar-refractivity contribution < 1.29 is 0 Å². The van der Waals surface area contributed by atoms with Gasteiger partial charge in [-0.3, -0.25) is 0 Å². The standard InChI is InChI=1S/C14H13N3S/c1-2-4-11(5-3-1)12-6-8-13(9-7-12)14-10-18-17-16-15-14/h1-9,16-17H,10H2. The van der Waals surface area contributed by atoms with Crippen LogP contribution in [-0.2, 0) is 0 Å². The van der Waals surface area contributed by atoms with Crippen LogP contribution in [0.2, 0.25) is 0 Å². The molecule has 0 saturated heterocycles. The molecule has 0 spiro atoms. The van der Waals surface area contributed by atoms with Crippen LogP contribution in [0.3, 0.4) is 0 Å². The van der Waals surface area contributed by atoms with E-state index in [1.54, 1.807) is 11.9 Å². The summed E-state index contributed by atoms with van der Waals surface area (Å²) in [6, 6.07) is 18.9. The molecule has 1 aliphatic rings. The highest BCUT2D eigenvalue weighted by Crippen LogP contribution is 2.20. The third-order valence-corrected chi connectivity index (χ3v) is 3.50. The molecule has 0 unspecified atom stereocenters. The minimum absolute atomic E-state index is 0.873. The van der Waals surface area contributed by atoms with Crippen LogP contribution in [0.15, 0.2) is 59.7 Å². The zero-order valence-corrected chi connectivity index (χ0v) is 10.6. The average molecular weight is 255 g/mol. The van der Waals surface area contributed by atoms with Gasteiger partial charge in [0.05, 0.1) is 11.5 Å². The molecular formula is C14H13N3S. The lowest BCUT2D eigenvalue weighted by molar-refractivity contribution is 0.731. The van der Waals surface area contributed by atoms with E-state index in [9.17, 15) is 0 Å². The van der Waals surface area contributed by atoms with Crippen molar-refractivity contribution in [3.63, 3.8) is 0 Å². The lowest BCUT2D eigenvalue weighted by atomic mass is 10.0. The van der Waals surface area contributed by atoms with Crippen LogP contribution in [0.5, 0.6) is 0 Å². The highest BCUT2D eigenvalue weighted by atomic mass is 32.2. The Hall–Kier alpha value is -1.78. The van der Waals surface area contributed by atoms with Crippen LogP contribution in [0.25, 0.3) is 11.1 Å². The zero-order valence-electron chi connectivity index (χ0n) is 9.76. The van der Waals surface area contributed by atoms with Gasteiger partial charge in [-0.1, -0.05) is 66.5 Å². The normalized spacial score (nSPS) is 14.8. The van der Waals surface area contributed by atoms with Crippen molar-refractivity contribution in [2.45, 2.75) is 0 Å². The molecule has 2 aromatic rings. The lowest BCUT2D eigenvalue weighted by Crippen LogP contribution is -2.29. The van der Waals surface area contributed by atoms with E-state index in [0.29, 0.717) is 0 Å². The second-order valence-corrected chi connectivity index (χ2v) is 4.79. The molecule has 3 nitrogen and oxygen atoms in total. The van der Waals surface area contributed by atoms with E-state index in [2.05, 4.69) is 64.0 Å². The van der Waals surface area contributed by atoms with E-state index in [0.717, 1.165) is 17.0 Å². The Kier molecular flexibility index (Phi) is 3.30. The Morgan fingerprint density at radius 1 is 0.833 bits per heavy atom. The fourth-order valence-electron chi connectivity index (χ4n) is 1.89. The quantitative estimate of drug-likeness (QED) is 0.810. The minimum Gasteiger partial charge on any atom is -0.233 e. The maximum Gasteiger partial charge on any atom is 0.0803 e. The predicted octanol–water partition coefficient (Wildman–Crippen LogP) is 2.81. The molecule has 0 radical (unpaired) electrons. The Bertz CT molecular complexity index is 549. The molecular weight excluding hydrogens is 242 g/mol. The minimum atomic E-state index is 0.873. The fraction of sp³-hybridized carbons (Fsp3) is 0.0714. The van der Waals surface area contributed by atoms with Gasteiger partial charge in [0.1, 0.15) is 0 Å². The van der Waals surface area contributed by atoms with E-state index in [1.807, 2.05) is 6.07 Å². The van der Waals surface area contributed by atoms with Gasteiger partial charge >= 0.3 is 0 Å². The zero-order chi connectivity index (χ0) is 12.2. The van der Waals surface area contributed by atoms with Gasteiger partial charge in [0.15, 0.2) is 0 Å². The van der Waals surface area contributed by atoms with Gasteiger partial charge in [-0.2, -0.15) is 9.93 Å². The van der Waals surface area contributed by atoms with Crippen LogP contribution in [0.1, 0.15) is 5.56 Å². The van der Waals surface area contributed by atoms with Gasteiger partial charge in [-0.15, -0.1) is 0 Å². The summed E-state index contributed by atoms with van der Waals surface area (Å²) in [5.41, 5.74) is 7.48. The van der Waals surface area contributed by atoms with E-state index in [-0.39, 0.29) is 0 Å². The molecule has 0 aromatic heterocycles. The molecule has 3 rings (SSSR count). The number of nitrogens with zero attached hydrogens (tertiary/aromatic N) is 1. The van der Waals surface area contributed by atoms with E-state index < -0.39 is 0 Å². The third kappa shape index (κ3) is 2.39. The van der Waals surface area contributed by atoms with Crippen molar-refractivity contribution in [1.29, 1.82) is 0 Å². The van der Waals surface area contributed by atoms with E-state index >= 15 is 0 Å². The van der Waals surface area contributed by atoms with Gasteiger partial charge in [-0.05, 0) is 16.7 Å². The Morgan fingerprint density at radius 3 is 2.17 bits per heavy atom. The van der Waals surface area contributed by atoms with Crippen molar-refractivity contribution in [1.82, 2.24) is 10.4 Å². The molecule has 4 heteroatoms. The van der Waals surface area contributed by atoms with Crippen LogP contribution in [0.4, 0.5) is 0 Å². The first-order valence-electron chi connectivity index (χ1n) is 5.78. The second-order valence-electron chi connectivity index (χ2n) is 4.00. The van der Waals surface area contributed by atoms with E-state index in [1.165, 1.54) is 11.1 Å². The summed E-state index contributed by atoms with van der Waals surface area (Å²) < 4.78 is 0. The van der Waals surface area contributed by atoms with Gasteiger partial charge in [-0.25, -0.2) is 5.53 Å². The highest BCUT2D eigenvalue weighted by molar-refractivity contribution is 7.98. The van der Waals surface area contributed by atoms with Gasteiger partial charge in [0, 0.05) is 0 Å². The summed E-state index contributed by atoms with van der Waals surface area (Å²) in [6.45, 7) is 0. The molecule has 2 N–H and O–H groups in total. The maximum atomic E-state index is 4.24. The topological polar surface area (TPSA) is 36.4 Å². The lowest BCUT2D eigenvalue weighted by Gasteiger charge is -2.13. The number of hydrogen-bond donors (Lipinski definition) is 2. The molecule has 0 fully saturated rings. The number of hydrazone groups is 1. The molecule has 0 aliphatic carbocycles. The van der Waals surface area contributed by atoms with Crippen molar-refractivity contribution in [3.05, 3.63) is 60.2 Å². The first-order chi connectivity index (χ1) is 8.93. The predicted molar refractivity (Wildman–Crippen MR) is 77.1 cm³/mol. The van der Waals surface area contributed by atoms with Gasteiger partial charge < -0.3 is 0 Å². The molecule has 0 bridgehead atoms. The molecule has 0 atom stereocenters. The van der Waals surface area contributed by atoms with Crippen molar-refractivity contribution >= 4 is 17.7 Å².